The number of ether oxygens (including phenoxy) is 1. The number of nitrogens with one attached hydrogen (secondary N) is 1. The lowest BCUT2D eigenvalue weighted by molar-refractivity contribution is 0.0602. The second kappa shape index (κ2) is 8.84. The van der Waals surface area contributed by atoms with Crippen LogP contribution in [0.4, 0.5) is 0 Å². The molecule has 2 aromatic carbocycles. The zero-order chi connectivity index (χ0) is 22.9. The van der Waals surface area contributed by atoms with Gasteiger partial charge in [0.05, 0.1) is 17.3 Å². The number of H-pyrrole nitrogens is 1. The zero-order valence-corrected chi connectivity index (χ0v) is 19.1. The number of likely N-dealkylation sites (tertiary alicyclic amines) is 1. The van der Waals surface area contributed by atoms with Crippen LogP contribution < -0.4 is 0 Å². The monoisotopic (exact) mass is 440 g/mol. The average molecular weight is 441 g/mol. The number of aromatic nitrogens is 2. The molecule has 2 fully saturated rings. The van der Waals surface area contributed by atoms with E-state index >= 15 is 0 Å². The van der Waals surface area contributed by atoms with E-state index in [2.05, 4.69) is 17.1 Å². The highest BCUT2D eigenvalue weighted by molar-refractivity contribution is 5.96. The normalized spacial score (nSPS) is 16.2. The van der Waals surface area contributed by atoms with Crippen molar-refractivity contribution in [3.63, 3.8) is 0 Å². The van der Waals surface area contributed by atoms with Crippen molar-refractivity contribution >= 4 is 5.91 Å². The third kappa shape index (κ3) is 4.05. The number of hydrogen-bond acceptors (Lipinski definition) is 4. The third-order valence-corrected chi connectivity index (χ3v) is 7.00. The summed E-state index contributed by atoms with van der Waals surface area (Å²) in [6, 6.07) is 16.0. The Morgan fingerprint density at radius 2 is 1.94 bits per heavy atom. The van der Waals surface area contributed by atoms with Crippen LogP contribution in [0.1, 0.15) is 69.7 Å². The van der Waals surface area contributed by atoms with Crippen molar-refractivity contribution in [3.8, 4) is 17.3 Å². The van der Waals surface area contributed by atoms with E-state index in [1.165, 1.54) is 30.4 Å². The summed E-state index contributed by atoms with van der Waals surface area (Å²) in [6.07, 6.45) is 3.63. The van der Waals surface area contributed by atoms with Gasteiger partial charge in [0.15, 0.2) is 0 Å². The lowest BCUT2D eigenvalue weighted by Gasteiger charge is -2.40. The van der Waals surface area contributed by atoms with Crippen molar-refractivity contribution in [2.45, 2.75) is 44.6 Å². The highest BCUT2D eigenvalue weighted by atomic mass is 16.5. The minimum Gasteiger partial charge on any atom is -0.377 e. The van der Waals surface area contributed by atoms with Crippen LogP contribution in [0.3, 0.4) is 0 Å². The molecular formula is C27H28N4O2. The first-order valence-corrected chi connectivity index (χ1v) is 11.6. The summed E-state index contributed by atoms with van der Waals surface area (Å²) in [5.41, 5.74) is 6.81. The number of aromatic amines is 1. The number of benzene rings is 2. The van der Waals surface area contributed by atoms with Gasteiger partial charge in [0.1, 0.15) is 12.4 Å². The highest BCUT2D eigenvalue weighted by Crippen LogP contribution is 2.42. The second-order valence-corrected chi connectivity index (χ2v) is 9.16. The predicted octanol–water partition coefficient (Wildman–Crippen LogP) is 4.91. The smallest absolute Gasteiger partial charge is 0.253 e. The van der Waals surface area contributed by atoms with Crippen LogP contribution in [-0.4, -0.2) is 41.0 Å². The van der Waals surface area contributed by atoms with E-state index in [0.717, 1.165) is 22.8 Å². The van der Waals surface area contributed by atoms with Gasteiger partial charge in [0.2, 0.25) is 0 Å². The van der Waals surface area contributed by atoms with E-state index < -0.39 is 0 Å². The maximum absolute atomic E-state index is 13.3. The third-order valence-electron chi connectivity index (χ3n) is 7.00. The van der Waals surface area contributed by atoms with Gasteiger partial charge < -0.3 is 14.6 Å². The number of methoxy groups -OCH3 is 1. The summed E-state index contributed by atoms with van der Waals surface area (Å²) in [4.78, 5) is 23.3. The van der Waals surface area contributed by atoms with Crippen LogP contribution >= 0.6 is 0 Å². The molecule has 0 spiro atoms. The molecule has 168 valence electrons. The fourth-order valence-corrected chi connectivity index (χ4v) is 4.83. The predicted molar refractivity (Wildman–Crippen MR) is 126 cm³/mol. The van der Waals surface area contributed by atoms with Gasteiger partial charge in [-0.2, -0.15) is 5.26 Å². The number of carbonyl (C=O) groups excluding carboxylic acids is 1. The second-order valence-electron chi connectivity index (χ2n) is 9.16. The number of rotatable bonds is 6. The molecule has 2 heterocycles. The molecule has 0 unspecified atom stereocenters. The van der Waals surface area contributed by atoms with Gasteiger partial charge in [-0.3, -0.25) is 4.79 Å². The summed E-state index contributed by atoms with van der Waals surface area (Å²) in [5, 5.41) is 8.99. The Morgan fingerprint density at radius 3 is 2.58 bits per heavy atom. The molecule has 33 heavy (non-hydrogen) atoms. The lowest BCUT2D eigenvalue weighted by atomic mass is 9.77. The van der Waals surface area contributed by atoms with Gasteiger partial charge in [-0.15, -0.1) is 0 Å². The van der Waals surface area contributed by atoms with Crippen molar-refractivity contribution in [2.75, 3.05) is 20.2 Å². The van der Waals surface area contributed by atoms with Crippen molar-refractivity contribution in [1.82, 2.24) is 14.9 Å². The molecule has 6 nitrogen and oxygen atoms in total. The van der Waals surface area contributed by atoms with Gasteiger partial charge in [-0.1, -0.05) is 24.6 Å². The lowest BCUT2D eigenvalue weighted by Crippen LogP contribution is -2.48. The minimum absolute atomic E-state index is 0.0617. The van der Waals surface area contributed by atoms with E-state index in [0.29, 0.717) is 42.7 Å². The zero-order valence-electron chi connectivity index (χ0n) is 19.1. The molecule has 1 aromatic heterocycles. The van der Waals surface area contributed by atoms with Gasteiger partial charge >= 0.3 is 0 Å². The fraction of sp³-hybridized carbons (Fsp3) is 0.370. The molecule has 3 aromatic rings. The number of carbonyl (C=O) groups is 1. The standard InChI is InChI=1S/C27H28N4O2/c1-17-26(30-25(29-17)16-33-2)24-12-21(10-11-23(24)20-4-3-5-20)27(32)31-14-22(15-31)19-8-6-18(13-28)7-9-19/h6-12,20,22H,3-5,14-16H2,1-2H3,(H,29,30). The molecule has 2 aliphatic rings. The maximum atomic E-state index is 13.3. The Balaban J connectivity index is 1.38. The molecule has 1 aliphatic heterocycles. The van der Waals surface area contributed by atoms with Crippen LogP contribution in [0.5, 0.6) is 0 Å². The van der Waals surface area contributed by atoms with Crippen molar-refractivity contribution < 1.29 is 9.53 Å². The Bertz CT molecular complexity index is 1210. The Hall–Kier alpha value is -3.43. The van der Waals surface area contributed by atoms with Gasteiger partial charge in [-0.25, -0.2) is 4.98 Å². The van der Waals surface area contributed by atoms with Crippen molar-refractivity contribution in [1.29, 1.82) is 5.26 Å². The van der Waals surface area contributed by atoms with Crippen molar-refractivity contribution in [2.24, 2.45) is 0 Å². The Kier molecular flexibility index (Phi) is 5.74. The molecule has 1 aliphatic carbocycles. The summed E-state index contributed by atoms with van der Waals surface area (Å²) in [6.45, 7) is 3.86. The summed E-state index contributed by atoms with van der Waals surface area (Å²) in [7, 11) is 1.66. The first kappa shape index (κ1) is 21.4. The van der Waals surface area contributed by atoms with Gasteiger partial charge in [-0.05, 0) is 61.1 Å². The average Bonchev–Trinajstić information content (AvgIpc) is 3.12. The number of aryl methyl sites for hydroxylation is 1. The molecule has 1 saturated heterocycles. The van der Waals surface area contributed by atoms with E-state index in [9.17, 15) is 4.79 Å². The van der Waals surface area contributed by atoms with Crippen LogP contribution in [0, 0.1) is 18.3 Å². The quantitative estimate of drug-likeness (QED) is 0.590. The maximum Gasteiger partial charge on any atom is 0.253 e. The summed E-state index contributed by atoms with van der Waals surface area (Å²) < 4.78 is 5.25. The number of nitriles is 1. The number of imidazole rings is 1. The fourth-order valence-electron chi connectivity index (χ4n) is 4.83. The molecular weight excluding hydrogens is 412 g/mol. The van der Waals surface area contributed by atoms with Gasteiger partial charge in [0.25, 0.3) is 5.91 Å². The molecule has 0 bridgehead atoms. The Morgan fingerprint density at radius 1 is 1.18 bits per heavy atom. The molecule has 0 atom stereocenters. The number of hydrogen-bond donors (Lipinski definition) is 1. The van der Waals surface area contributed by atoms with E-state index in [4.69, 9.17) is 15.0 Å². The molecule has 1 amide bonds. The first-order valence-electron chi connectivity index (χ1n) is 11.6. The highest BCUT2D eigenvalue weighted by Gasteiger charge is 2.33. The molecule has 0 radical (unpaired) electrons. The molecule has 1 saturated carbocycles. The topological polar surface area (TPSA) is 82.0 Å². The summed E-state index contributed by atoms with van der Waals surface area (Å²) in [5.74, 6) is 1.72. The van der Waals surface area contributed by atoms with E-state index in [-0.39, 0.29) is 5.91 Å². The molecule has 6 heteroatoms. The number of amides is 1. The van der Waals surface area contributed by atoms with E-state index in [1.807, 2.05) is 48.2 Å². The van der Waals surface area contributed by atoms with Crippen LogP contribution in [0.2, 0.25) is 0 Å². The molecule has 5 rings (SSSR count). The number of nitrogens with zero attached hydrogens (tertiary/aromatic N) is 3. The van der Waals surface area contributed by atoms with Crippen LogP contribution in [0.25, 0.3) is 11.3 Å². The van der Waals surface area contributed by atoms with Gasteiger partial charge in [0, 0.05) is 42.9 Å². The van der Waals surface area contributed by atoms with Crippen LogP contribution in [0.15, 0.2) is 42.5 Å². The first-order chi connectivity index (χ1) is 16.1. The van der Waals surface area contributed by atoms with E-state index in [1.54, 1.807) is 7.11 Å². The van der Waals surface area contributed by atoms with Crippen molar-refractivity contribution in [3.05, 3.63) is 76.2 Å². The Labute approximate surface area is 194 Å². The summed E-state index contributed by atoms with van der Waals surface area (Å²) >= 11 is 0. The van der Waals surface area contributed by atoms with Crippen LogP contribution in [-0.2, 0) is 11.3 Å². The molecule has 1 N–H and O–H groups in total. The SMILES string of the molecule is COCc1nc(-c2cc(C(=O)N3CC(c4ccc(C#N)cc4)C3)ccc2C2CCC2)c(C)[nH]1. The minimum atomic E-state index is 0.0617. The largest absolute Gasteiger partial charge is 0.377 e.